The topological polar surface area (TPSA) is 71.3 Å². The molecule has 0 bridgehead atoms. The van der Waals surface area contributed by atoms with Gasteiger partial charge in [0.1, 0.15) is 11.6 Å². The van der Waals surface area contributed by atoms with E-state index >= 15 is 0 Å². The van der Waals surface area contributed by atoms with E-state index in [2.05, 4.69) is 20.7 Å². The quantitative estimate of drug-likeness (QED) is 0.437. The minimum Gasteiger partial charge on any atom is -0.326 e. The molecular formula is C24H27F2N5O. The van der Waals surface area contributed by atoms with Crippen LogP contribution < -0.4 is 10.6 Å². The van der Waals surface area contributed by atoms with Crippen LogP contribution in [-0.4, -0.2) is 28.2 Å². The van der Waals surface area contributed by atoms with E-state index in [4.69, 9.17) is 0 Å². The highest BCUT2D eigenvalue weighted by Gasteiger charge is 2.13. The maximum absolute atomic E-state index is 13.9. The first-order valence-corrected chi connectivity index (χ1v) is 10.5. The van der Waals surface area contributed by atoms with Crippen molar-refractivity contribution in [2.24, 2.45) is 4.99 Å². The molecule has 6 nitrogen and oxygen atoms in total. The molecule has 0 aliphatic carbocycles. The Hall–Kier alpha value is -3.55. The van der Waals surface area contributed by atoms with E-state index in [1.807, 2.05) is 25.5 Å². The second kappa shape index (κ2) is 10.2. The molecule has 0 spiro atoms. The number of guanidine groups is 1. The maximum Gasteiger partial charge on any atom is 0.258 e. The van der Waals surface area contributed by atoms with Crippen molar-refractivity contribution in [2.45, 2.75) is 40.7 Å². The number of aliphatic imine (C=N–C) groups is 1. The predicted octanol–water partition coefficient (Wildman–Crippen LogP) is 4.55. The van der Waals surface area contributed by atoms with E-state index in [0.717, 1.165) is 23.5 Å². The number of carbonyl (C=O) groups is 1. The summed E-state index contributed by atoms with van der Waals surface area (Å²) in [6.07, 6.45) is 0.640. The summed E-state index contributed by atoms with van der Waals surface area (Å²) in [7, 11) is 0. The van der Waals surface area contributed by atoms with Crippen LogP contribution in [0.4, 0.5) is 14.5 Å². The van der Waals surface area contributed by atoms with Gasteiger partial charge in [-0.3, -0.25) is 19.8 Å². The zero-order chi connectivity index (χ0) is 23.3. The third-order valence-electron chi connectivity index (χ3n) is 5.24. The first-order valence-electron chi connectivity index (χ1n) is 10.5. The van der Waals surface area contributed by atoms with Crippen LogP contribution in [0.5, 0.6) is 0 Å². The van der Waals surface area contributed by atoms with Gasteiger partial charge >= 0.3 is 0 Å². The molecule has 168 valence electrons. The standard InChI is InChI=1S/C24H27F2N5O/c1-5-31-17(4)21(16(3)30-31)12-13-27-24(28-20-10-8-19(25)9-11-20)29-23(32)18-7-6-15(2)22(26)14-18/h6-11,14H,5,12-13H2,1-4H3,(H2,27,28,29,32). The van der Waals surface area contributed by atoms with Crippen LogP contribution in [0.15, 0.2) is 47.5 Å². The number of halogens is 2. The summed E-state index contributed by atoms with van der Waals surface area (Å²) < 4.78 is 29.1. The van der Waals surface area contributed by atoms with Gasteiger partial charge in [0.15, 0.2) is 0 Å². The second-order valence-electron chi connectivity index (χ2n) is 7.50. The maximum atomic E-state index is 13.9. The number of aryl methyl sites for hydroxylation is 3. The number of amides is 1. The smallest absolute Gasteiger partial charge is 0.258 e. The normalized spacial score (nSPS) is 11.5. The summed E-state index contributed by atoms with van der Waals surface area (Å²) in [5.74, 6) is -1.13. The van der Waals surface area contributed by atoms with E-state index < -0.39 is 11.7 Å². The average Bonchev–Trinajstić information content (AvgIpc) is 3.04. The lowest BCUT2D eigenvalue weighted by atomic mass is 10.1. The molecule has 0 saturated heterocycles. The number of hydrogen-bond acceptors (Lipinski definition) is 3. The van der Waals surface area contributed by atoms with Crippen molar-refractivity contribution in [1.82, 2.24) is 15.1 Å². The molecule has 0 aliphatic heterocycles. The SMILES string of the molecule is CCn1nc(C)c(CCN=C(NC(=O)c2ccc(C)c(F)c2)Nc2ccc(F)cc2)c1C. The van der Waals surface area contributed by atoms with Crippen molar-refractivity contribution < 1.29 is 13.6 Å². The van der Waals surface area contributed by atoms with Crippen LogP contribution >= 0.6 is 0 Å². The average molecular weight is 440 g/mol. The third kappa shape index (κ3) is 5.57. The molecule has 1 amide bonds. The fraction of sp³-hybridized carbons (Fsp3) is 0.292. The Morgan fingerprint density at radius 2 is 1.81 bits per heavy atom. The number of hydrogen-bond donors (Lipinski definition) is 2. The molecule has 2 N–H and O–H groups in total. The number of anilines is 1. The van der Waals surface area contributed by atoms with E-state index in [1.54, 1.807) is 31.2 Å². The van der Waals surface area contributed by atoms with Crippen molar-refractivity contribution in [3.05, 3.63) is 82.2 Å². The molecular weight excluding hydrogens is 412 g/mol. The number of nitrogens with one attached hydrogen (secondary N) is 2. The van der Waals surface area contributed by atoms with Crippen molar-refractivity contribution >= 4 is 17.6 Å². The van der Waals surface area contributed by atoms with Gasteiger partial charge in [0.05, 0.1) is 5.69 Å². The molecule has 2 aromatic carbocycles. The van der Waals surface area contributed by atoms with Gasteiger partial charge in [-0.2, -0.15) is 5.10 Å². The fourth-order valence-electron chi connectivity index (χ4n) is 3.38. The molecule has 3 rings (SSSR count). The lowest BCUT2D eigenvalue weighted by molar-refractivity contribution is 0.0976. The summed E-state index contributed by atoms with van der Waals surface area (Å²) >= 11 is 0. The lowest BCUT2D eigenvalue weighted by Gasteiger charge is -2.12. The van der Waals surface area contributed by atoms with Crippen LogP contribution in [-0.2, 0) is 13.0 Å². The van der Waals surface area contributed by atoms with Crippen molar-refractivity contribution in [3.63, 3.8) is 0 Å². The number of carbonyl (C=O) groups excluding carboxylic acids is 1. The first-order chi connectivity index (χ1) is 15.3. The molecule has 1 aromatic heterocycles. The molecule has 0 saturated carbocycles. The molecule has 32 heavy (non-hydrogen) atoms. The zero-order valence-electron chi connectivity index (χ0n) is 18.7. The molecule has 0 fully saturated rings. The molecule has 8 heteroatoms. The third-order valence-corrected chi connectivity index (χ3v) is 5.24. The summed E-state index contributed by atoms with van der Waals surface area (Å²) in [5, 5.41) is 10.2. The van der Waals surface area contributed by atoms with Gasteiger partial charge in [0.25, 0.3) is 5.91 Å². The minimum absolute atomic E-state index is 0.178. The number of rotatable bonds is 6. The number of benzene rings is 2. The largest absolute Gasteiger partial charge is 0.326 e. The highest BCUT2D eigenvalue weighted by atomic mass is 19.1. The summed E-state index contributed by atoms with van der Waals surface area (Å²) in [6, 6.07) is 9.99. The predicted molar refractivity (Wildman–Crippen MR) is 122 cm³/mol. The summed E-state index contributed by atoms with van der Waals surface area (Å²) in [5.41, 5.74) is 4.35. The molecule has 0 atom stereocenters. The van der Waals surface area contributed by atoms with Gasteiger partial charge < -0.3 is 5.32 Å². The molecule has 3 aromatic rings. The van der Waals surface area contributed by atoms with E-state index in [0.29, 0.717) is 24.2 Å². The van der Waals surface area contributed by atoms with Crippen LogP contribution in [0.25, 0.3) is 0 Å². The highest BCUT2D eigenvalue weighted by molar-refractivity contribution is 6.09. The van der Waals surface area contributed by atoms with Gasteiger partial charge in [-0.15, -0.1) is 0 Å². The first kappa shape index (κ1) is 23.1. The molecule has 0 unspecified atom stereocenters. The number of aromatic nitrogens is 2. The Morgan fingerprint density at radius 3 is 2.44 bits per heavy atom. The number of nitrogens with zero attached hydrogens (tertiary/aromatic N) is 3. The Kier molecular flexibility index (Phi) is 7.35. The highest BCUT2D eigenvalue weighted by Crippen LogP contribution is 2.14. The molecule has 0 aliphatic rings. The monoisotopic (exact) mass is 439 g/mol. The van der Waals surface area contributed by atoms with Crippen LogP contribution in [0.3, 0.4) is 0 Å². The van der Waals surface area contributed by atoms with Gasteiger partial charge in [-0.1, -0.05) is 6.07 Å². The van der Waals surface area contributed by atoms with E-state index in [-0.39, 0.29) is 17.3 Å². The minimum atomic E-state index is -0.497. The second-order valence-corrected chi connectivity index (χ2v) is 7.50. The van der Waals surface area contributed by atoms with E-state index in [1.165, 1.54) is 18.2 Å². The van der Waals surface area contributed by atoms with Gasteiger partial charge in [-0.25, -0.2) is 8.78 Å². The van der Waals surface area contributed by atoms with Crippen molar-refractivity contribution in [1.29, 1.82) is 0 Å². The molecule has 1 heterocycles. The summed E-state index contributed by atoms with van der Waals surface area (Å²) in [6.45, 7) is 8.83. The van der Waals surface area contributed by atoms with Crippen LogP contribution in [0, 0.1) is 32.4 Å². The summed E-state index contributed by atoms with van der Waals surface area (Å²) in [4.78, 5) is 17.2. The van der Waals surface area contributed by atoms with Crippen LogP contribution in [0.1, 0.15) is 39.8 Å². The van der Waals surface area contributed by atoms with Crippen molar-refractivity contribution in [2.75, 3.05) is 11.9 Å². The van der Waals surface area contributed by atoms with Crippen LogP contribution in [0.2, 0.25) is 0 Å². The van der Waals surface area contributed by atoms with E-state index in [9.17, 15) is 13.6 Å². The lowest BCUT2D eigenvalue weighted by Crippen LogP contribution is -2.36. The Labute approximate surface area is 186 Å². The Balaban J connectivity index is 1.79. The fourth-order valence-corrected chi connectivity index (χ4v) is 3.38. The van der Waals surface area contributed by atoms with Gasteiger partial charge in [0, 0.05) is 30.0 Å². The van der Waals surface area contributed by atoms with Gasteiger partial charge in [-0.05, 0) is 81.6 Å². The van der Waals surface area contributed by atoms with Gasteiger partial charge in [0.2, 0.25) is 5.96 Å². The Morgan fingerprint density at radius 1 is 1.09 bits per heavy atom. The van der Waals surface area contributed by atoms with Crippen molar-refractivity contribution in [3.8, 4) is 0 Å². The Bertz CT molecular complexity index is 1140. The zero-order valence-corrected chi connectivity index (χ0v) is 18.7. The molecule has 0 radical (unpaired) electrons.